The summed E-state index contributed by atoms with van der Waals surface area (Å²) in [4.78, 5) is 12.5. The molecule has 0 aliphatic rings. The molecule has 0 N–H and O–H groups in total. The molecular formula is C17H26O3. The predicted octanol–water partition coefficient (Wildman–Crippen LogP) is 4.35. The highest BCUT2D eigenvalue weighted by Crippen LogP contribution is 2.33. The molecule has 1 aromatic rings. The second kappa shape index (κ2) is 6.78. The first-order valence-corrected chi connectivity index (χ1v) is 7.02. The second-order valence-corrected chi connectivity index (χ2v) is 6.54. The Labute approximate surface area is 122 Å². The number of carbonyl (C=O) groups is 1. The van der Waals surface area contributed by atoms with Gasteiger partial charge in [-0.15, -0.1) is 0 Å². The molecule has 3 nitrogen and oxygen atoms in total. The summed E-state index contributed by atoms with van der Waals surface area (Å²) in [6, 6.07) is 5.42. The number of Topliss-reactive ketones (excluding diaryl/α,β-unsaturated/α-hetero) is 1. The maximum absolute atomic E-state index is 12.5. The summed E-state index contributed by atoms with van der Waals surface area (Å²) in [5.41, 5.74) is 0.839. The summed E-state index contributed by atoms with van der Waals surface area (Å²) in [5, 5.41) is 0. The molecule has 0 unspecified atom stereocenters. The lowest BCUT2D eigenvalue weighted by molar-refractivity contribution is 0.0950. The number of rotatable bonds is 6. The van der Waals surface area contributed by atoms with E-state index in [1.54, 1.807) is 26.4 Å². The minimum Gasteiger partial charge on any atom is -0.493 e. The van der Waals surface area contributed by atoms with Gasteiger partial charge in [0.05, 0.1) is 19.8 Å². The number of benzene rings is 1. The second-order valence-electron chi connectivity index (χ2n) is 6.54. The van der Waals surface area contributed by atoms with Crippen molar-refractivity contribution in [2.45, 2.75) is 40.5 Å². The summed E-state index contributed by atoms with van der Waals surface area (Å²) in [6.07, 6.45) is 1.55. The fourth-order valence-corrected chi connectivity index (χ4v) is 2.65. The smallest absolute Gasteiger partial charge is 0.171 e. The standard InChI is InChI=1S/C17H26O3/c1-12(11-17(2,3)4)10-14(18)13-8-7-9-15(19-5)16(13)20-6/h7-9,12H,10-11H2,1-6H3/t12-/m0/s1. The van der Waals surface area contributed by atoms with Crippen LogP contribution < -0.4 is 9.47 Å². The Bertz CT molecular complexity index is 458. The molecule has 0 amide bonds. The Kier molecular flexibility index (Phi) is 5.61. The SMILES string of the molecule is COc1cccc(C(=O)C[C@H](C)CC(C)(C)C)c1OC. The van der Waals surface area contributed by atoms with Gasteiger partial charge in [0.15, 0.2) is 17.3 Å². The van der Waals surface area contributed by atoms with E-state index in [9.17, 15) is 4.79 Å². The molecule has 0 spiro atoms. The van der Waals surface area contributed by atoms with Crippen LogP contribution in [0.2, 0.25) is 0 Å². The van der Waals surface area contributed by atoms with E-state index in [0.29, 0.717) is 29.4 Å². The molecule has 0 aliphatic carbocycles. The summed E-state index contributed by atoms with van der Waals surface area (Å²) >= 11 is 0. The Morgan fingerprint density at radius 2 is 1.85 bits per heavy atom. The van der Waals surface area contributed by atoms with Crippen molar-refractivity contribution in [1.29, 1.82) is 0 Å². The molecule has 0 aromatic heterocycles. The van der Waals surface area contributed by atoms with Gasteiger partial charge < -0.3 is 9.47 Å². The zero-order valence-electron chi connectivity index (χ0n) is 13.4. The maximum atomic E-state index is 12.5. The zero-order chi connectivity index (χ0) is 15.3. The van der Waals surface area contributed by atoms with Gasteiger partial charge in [-0.2, -0.15) is 0 Å². The van der Waals surface area contributed by atoms with Crippen molar-refractivity contribution in [3.05, 3.63) is 23.8 Å². The molecule has 0 bridgehead atoms. The van der Waals surface area contributed by atoms with E-state index in [1.165, 1.54) is 0 Å². The highest BCUT2D eigenvalue weighted by molar-refractivity contribution is 5.99. The first kappa shape index (κ1) is 16.5. The van der Waals surface area contributed by atoms with E-state index in [-0.39, 0.29) is 11.2 Å². The van der Waals surface area contributed by atoms with E-state index in [1.807, 2.05) is 6.07 Å². The van der Waals surface area contributed by atoms with Crippen LogP contribution in [0.4, 0.5) is 0 Å². The predicted molar refractivity (Wildman–Crippen MR) is 81.7 cm³/mol. The van der Waals surface area contributed by atoms with E-state index in [4.69, 9.17) is 9.47 Å². The Balaban J connectivity index is 2.87. The molecule has 112 valence electrons. The van der Waals surface area contributed by atoms with Crippen LogP contribution in [0.1, 0.15) is 50.9 Å². The van der Waals surface area contributed by atoms with E-state index in [2.05, 4.69) is 27.7 Å². The number of methoxy groups -OCH3 is 2. The fraction of sp³-hybridized carbons (Fsp3) is 0.588. The third kappa shape index (κ3) is 4.55. The number of carbonyl (C=O) groups excluding carboxylic acids is 1. The molecule has 0 fully saturated rings. The average Bonchev–Trinajstić information content (AvgIpc) is 2.35. The lowest BCUT2D eigenvalue weighted by Crippen LogP contribution is -2.15. The molecular weight excluding hydrogens is 252 g/mol. The van der Waals surface area contributed by atoms with E-state index < -0.39 is 0 Å². The quantitative estimate of drug-likeness (QED) is 0.726. The van der Waals surface area contributed by atoms with Gasteiger partial charge in [0.25, 0.3) is 0 Å². The van der Waals surface area contributed by atoms with Gasteiger partial charge in [0.1, 0.15) is 0 Å². The number of hydrogen-bond donors (Lipinski definition) is 0. The lowest BCUT2D eigenvalue weighted by atomic mass is 9.83. The third-order valence-electron chi connectivity index (χ3n) is 3.20. The number of ketones is 1. The van der Waals surface area contributed by atoms with Gasteiger partial charge in [0.2, 0.25) is 0 Å². The van der Waals surface area contributed by atoms with Gasteiger partial charge in [-0.25, -0.2) is 0 Å². The van der Waals surface area contributed by atoms with Gasteiger partial charge in [-0.1, -0.05) is 33.8 Å². The minimum absolute atomic E-state index is 0.109. The highest BCUT2D eigenvalue weighted by atomic mass is 16.5. The van der Waals surface area contributed by atoms with Crippen LogP contribution in [0.25, 0.3) is 0 Å². The minimum atomic E-state index is 0.109. The van der Waals surface area contributed by atoms with Crippen LogP contribution >= 0.6 is 0 Å². The van der Waals surface area contributed by atoms with Crippen molar-refractivity contribution in [1.82, 2.24) is 0 Å². The number of hydrogen-bond acceptors (Lipinski definition) is 3. The number of para-hydroxylation sites is 1. The summed E-state index contributed by atoms with van der Waals surface area (Å²) in [7, 11) is 3.14. The first-order chi connectivity index (χ1) is 9.28. The van der Waals surface area contributed by atoms with Crippen LogP contribution in [0.15, 0.2) is 18.2 Å². The van der Waals surface area contributed by atoms with Crippen LogP contribution in [0.3, 0.4) is 0 Å². The van der Waals surface area contributed by atoms with Crippen molar-refractivity contribution in [2.24, 2.45) is 11.3 Å². The molecule has 0 saturated carbocycles. The molecule has 1 rings (SSSR count). The summed E-state index contributed by atoms with van der Waals surface area (Å²) < 4.78 is 10.6. The van der Waals surface area contributed by atoms with Crippen molar-refractivity contribution in [3.63, 3.8) is 0 Å². The first-order valence-electron chi connectivity index (χ1n) is 7.02. The Morgan fingerprint density at radius 1 is 1.20 bits per heavy atom. The fourth-order valence-electron chi connectivity index (χ4n) is 2.65. The Hall–Kier alpha value is -1.51. The molecule has 0 heterocycles. The van der Waals surface area contributed by atoms with Gasteiger partial charge in [0, 0.05) is 6.42 Å². The van der Waals surface area contributed by atoms with Crippen LogP contribution in [-0.4, -0.2) is 20.0 Å². The van der Waals surface area contributed by atoms with Crippen molar-refractivity contribution >= 4 is 5.78 Å². The van der Waals surface area contributed by atoms with Crippen molar-refractivity contribution in [2.75, 3.05) is 14.2 Å². The van der Waals surface area contributed by atoms with E-state index >= 15 is 0 Å². The molecule has 0 radical (unpaired) electrons. The zero-order valence-corrected chi connectivity index (χ0v) is 13.4. The Morgan fingerprint density at radius 3 is 2.35 bits per heavy atom. The molecule has 1 atom stereocenters. The topological polar surface area (TPSA) is 35.5 Å². The monoisotopic (exact) mass is 278 g/mol. The van der Waals surface area contributed by atoms with Crippen LogP contribution in [0.5, 0.6) is 11.5 Å². The normalized spacial score (nSPS) is 12.9. The number of ether oxygens (including phenoxy) is 2. The van der Waals surface area contributed by atoms with Gasteiger partial charge in [-0.05, 0) is 29.9 Å². The summed E-state index contributed by atoms with van der Waals surface area (Å²) in [6.45, 7) is 8.70. The third-order valence-corrected chi connectivity index (χ3v) is 3.20. The van der Waals surface area contributed by atoms with Crippen LogP contribution in [0, 0.1) is 11.3 Å². The maximum Gasteiger partial charge on any atom is 0.171 e. The molecule has 0 saturated heterocycles. The lowest BCUT2D eigenvalue weighted by Gasteiger charge is -2.23. The van der Waals surface area contributed by atoms with Gasteiger partial charge in [-0.3, -0.25) is 4.79 Å². The highest BCUT2D eigenvalue weighted by Gasteiger charge is 2.21. The van der Waals surface area contributed by atoms with Gasteiger partial charge >= 0.3 is 0 Å². The summed E-state index contributed by atoms with van der Waals surface area (Å²) in [5.74, 6) is 1.58. The average molecular weight is 278 g/mol. The largest absolute Gasteiger partial charge is 0.493 e. The molecule has 3 heteroatoms. The van der Waals surface area contributed by atoms with Crippen LogP contribution in [-0.2, 0) is 0 Å². The molecule has 1 aromatic carbocycles. The van der Waals surface area contributed by atoms with Crippen molar-refractivity contribution in [3.8, 4) is 11.5 Å². The molecule has 20 heavy (non-hydrogen) atoms. The van der Waals surface area contributed by atoms with Crippen molar-refractivity contribution < 1.29 is 14.3 Å². The molecule has 0 aliphatic heterocycles. The van der Waals surface area contributed by atoms with E-state index in [0.717, 1.165) is 6.42 Å².